The van der Waals surface area contributed by atoms with Crippen molar-refractivity contribution < 1.29 is 19.0 Å². The van der Waals surface area contributed by atoms with Crippen molar-refractivity contribution in [3.63, 3.8) is 0 Å². The van der Waals surface area contributed by atoms with Gasteiger partial charge in [-0.3, -0.25) is 4.79 Å². The number of hydrogen-bond acceptors (Lipinski definition) is 5. The zero-order valence-corrected chi connectivity index (χ0v) is 15.4. The van der Waals surface area contributed by atoms with Crippen molar-refractivity contribution in [2.45, 2.75) is 49.1 Å². The summed E-state index contributed by atoms with van der Waals surface area (Å²) in [5.74, 6) is -1.09. The van der Waals surface area contributed by atoms with Gasteiger partial charge in [0, 0.05) is 11.8 Å². The van der Waals surface area contributed by atoms with Gasteiger partial charge in [-0.2, -0.15) is 0 Å². The molecule has 2 aromatic rings. The van der Waals surface area contributed by atoms with Crippen LogP contribution >= 0.6 is 11.8 Å². The van der Waals surface area contributed by atoms with Gasteiger partial charge in [0.2, 0.25) is 0 Å². The van der Waals surface area contributed by atoms with Gasteiger partial charge in [-0.05, 0) is 31.5 Å². The number of benzene rings is 2. The van der Waals surface area contributed by atoms with Crippen LogP contribution in [0.15, 0.2) is 65.6 Å². The molecule has 3 rings (SSSR count). The molecule has 132 valence electrons. The van der Waals surface area contributed by atoms with Crippen molar-refractivity contribution in [3.8, 4) is 0 Å². The Labute approximate surface area is 152 Å². The highest BCUT2D eigenvalue weighted by Crippen LogP contribution is 2.44. The maximum Gasteiger partial charge on any atom is 0.303 e. The molecule has 5 heteroatoms. The quantitative estimate of drug-likeness (QED) is 0.445. The first-order chi connectivity index (χ1) is 11.9. The zero-order chi connectivity index (χ0) is 17.9. The van der Waals surface area contributed by atoms with Crippen LogP contribution in [0, 0.1) is 0 Å². The smallest absolute Gasteiger partial charge is 0.303 e. The molecular formula is C20H22O4S. The molecule has 0 N–H and O–H groups in total. The monoisotopic (exact) mass is 358 g/mol. The molecule has 1 aliphatic rings. The van der Waals surface area contributed by atoms with Gasteiger partial charge in [0.1, 0.15) is 12.2 Å². The minimum absolute atomic E-state index is 0.309. The predicted octanol–water partition coefficient (Wildman–Crippen LogP) is 4.56. The summed E-state index contributed by atoms with van der Waals surface area (Å²) in [5.41, 5.74) is 0.496. The lowest BCUT2D eigenvalue weighted by molar-refractivity contribution is -0.161. The van der Waals surface area contributed by atoms with Crippen LogP contribution in [-0.4, -0.2) is 23.3 Å². The van der Waals surface area contributed by atoms with E-state index in [1.807, 2.05) is 74.5 Å². The maximum atomic E-state index is 11.7. The second-order valence-electron chi connectivity index (χ2n) is 6.34. The minimum atomic E-state index is -0.749. The number of esters is 1. The van der Waals surface area contributed by atoms with E-state index in [1.54, 1.807) is 0 Å². The van der Waals surface area contributed by atoms with E-state index in [9.17, 15) is 4.79 Å². The van der Waals surface area contributed by atoms with Gasteiger partial charge in [0.25, 0.3) is 0 Å². The fraction of sp³-hybridized carbons (Fsp3) is 0.350. The first-order valence-corrected chi connectivity index (χ1v) is 9.12. The van der Waals surface area contributed by atoms with Crippen molar-refractivity contribution in [1.82, 2.24) is 0 Å². The molecule has 0 bridgehead atoms. The maximum absolute atomic E-state index is 11.7. The summed E-state index contributed by atoms with van der Waals surface area (Å²) < 4.78 is 17.9. The van der Waals surface area contributed by atoms with Gasteiger partial charge < -0.3 is 14.2 Å². The molecule has 0 aliphatic carbocycles. The number of hydrogen-bond donors (Lipinski definition) is 0. The van der Waals surface area contributed by atoms with E-state index < -0.39 is 17.3 Å². The topological polar surface area (TPSA) is 44.8 Å². The van der Waals surface area contributed by atoms with E-state index in [1.165, 1.54) is 18.7 Å². The third-order valence-corrected chi connectivity index (χ3v) is 4.94. The van der Waals surface area contributed by atoms with Crippen LogP contribution in [0.5, 0.6) is 0 Å². The summed E-state index contributed by atoms with van der Waals surface area (Å²) in [5, 5.41) is 0. The fourth-order valence-corrected chi connectivity index (χ4v) is 3.94. The molecule has 1 unspecified atom stereocenters. The molecule has 0 radical (unpaired) electrons. The van der Waals surface area contributed by atoms with Gasteiger partial charge >= 0.3 is 5.97 Å². The zero-order valence-electron chi connectivity index (χ0n) is 14.5. The van der Waals surface area contributed by atoms with E-state index in [0.717, 1.165) is 10.5 Å². The Morgan fingerprint density at radius 3 is 2.24 bits per heavy atom. The van der Waals surface area contributed by atoms with Crippen LogP contribution in [0.1, 0.15) is 32.4 Å². The number of carbonyl (C=O) groups is 1. The Balaban J connectivity index is 1.90. The molecule has 0 spiro atoms. The second kappa shape index (κ2) is 7.60. The molecule has 4 nitrogen and oxygen atoms in total. The van der Waals surface area contributed by atoms with Crippen molar-refractivity contribution in [1.29, 1.82) is 0 Å². The van der Waals surface area contributed by atoms with Crippen molar-refractivity contribution in [2.24, 2.45) is 0 Å². The molecule has 25 heavy (non-hydrogen) atoms. The number of carbonyl (C=O) groups excluding carboxylic acids is 1. The van der Waals surface area contributed by atoms with Crippen LogP contribution in [0.2, 0.25) is 0 Å². The van der Waals surface area contributed by atoms with Crippen LogP contribution in [0.3, 0.4) is 0 Å². The van der Waals surface area contributed by atoms with Crippen LogP contribution in [0.4, 0.5) is 0 Å². The standard InChI is InChI=1S/C20H22O4S/c1-14(21)22-19(25-16-12-8-5-9-13-16)18-17(23-20(2,3)24-18)15-10-6-4-7-11-15/h4-13,17-19H,1-3H3/t17-,18-,19?/m1/s1. The summed E-state index contributed by atoms with van der Waals surface area (Å²) >= 11 is 1.47. The van der Waals surface area contributed by atoms with Gasteiger partial charge in [-0.1, -0.05) is 60.3 Å². The van der Waals surface area contributed by atoms with Crippen LogP contribution < -0.4 is 0 Å². The van der Waals surface area contributed by atoms with Crippen LogP contribution in [-0.2, 0) is 19.0 Å². The molecule has 1 saturated heterocycles. The minimum Gasteiger partial charge on any atom is -0.448 e. The molecule has 1 fully saturated rings. The number of ether oxygens (including phenoxy) is 3. The molecule has 0 amide bonds. The van der Waals surface area contributed by atoms with Crippen molar-refractivity contribution >= 4 is 17.7 Å². The highest BCUT2D eigenvalue weighted by Gasteiger charge is 2.47. The summed E-state index contributed by atoms with van der Waals surface area (Å²) in [7, 11) is 0. The van der Waals surface area contributed by atoms with E-state index in [-0.39, 0.29) is 12.1 Å². The van der Waals surface area contributed by atoms with E-state index in [4.69, 9.17) is 14.2 Å². The van der Waals surface area contributed by atoms with E-state index in [0.29, 0.717) is 0 Å². The molecule has 3 atom stereocenters. The Kier molecular flexibility index (Phi) is 5.47. The average Bonchev–Trinajstić information content (AvgIpc) is 2.91. The number of rotatable bonds is 5. The van der Waals surface area contributed by atoms with Crippen molar-refractivity contribution in [3.05, 3.63) is 66.2 Å². The third kappa shape index (κ3) is 4.63. The van der Waals surface area contributed by atoms with Gasteiger partial charge in [-0.25, -0.2) is 0 Å². The predicted molar refractivity (Wildman–Crippen MR) is 97.1 cm³/mol. The molecule has 1 aliphatic heterocycles. The lowest BCUT2D eigenvalue weighted by Gasteiger charge is -2.26. The largest absolute Gasteiger partial charge is 0.448 e. The molecule has 2 aromatic carbocycles. The normalized spacial score (nSPS) is 23.2. The Morgan fingerprint density at radius 2 is 1.64 bits per heavy atom. The molecule has 0 saturated carbocycles. The summed E-state index contributed by atoms with van der Waals surface area (Å²) in [6, 6.07) is 19.7. The van der Waals surface area contributed by atoms with Crippen molar-refractivity contribution in [2.75, 3.05) is 0 Å². The van der Waals surface area contributed by atoms with Gasteiger partial charge in [0.15, 0.2) is 11.2 Å². The van der Waals surface area contributed by atoms with E-state index >= 15 is 0 Å². The number of thioether (sulfide) groups is 1. The first kappa shape index (κ1) is 18.0. The molecule has 1 heterocycles. The summed E-state index contributed by atoms with van der Waals surface area (Å²) in [4.78, 5) is 12.7. The van der Waals surface area contributed by atoms with Gasteiger partial charge in [0.05, 0.1) is 0 Å². The second-order valence-corrected chi connectivity index (χ2v) is 7.51. The highest BCUT2D eigenvalue weighted by atomic mass is 32.2. The average molecular weight is 358 g/mol. The Bertz CT molecular complexity index is 702. The summed E-state index contributed by atoms with van der Waals surface area (Å²) in [6.07, 6.45) is -0.719. The Hall–Kier alpha value is -1.82. The lowest BCUT2D eigenvalue weighted by atomic mass is 10.1. The third-order valence-electron chi connectivity index (χ3n) is 3.80. The Morgan fingerprint density at radius 1 is 1.04 bits per heavy atom. The molecule has 0 aromatic heterocycles. The molecular weight excluding hydrogens is 336 g/mol. The highest BCUT2D eigenvalue weighted by molar-refractivity contribution is 7.99. The van der Waals surface area contributed by atoms with Gasteiger partial charge in [-0.15, -0.1) is 0 Å². The fourth-order valence-electron chi connectivity index (χ4n) is 2.84. The summed E-state index contributed by atoms with van der Waals surface area (Å²) in [6.45, 7) is 5.17. The first-order valence-electron chi connectivity index (χ1n) is 8.24. The SMILES string of the molecule is CC(=O)OC(Sc1ccccc1)[C@@H]1OC(C)(C)O[C@@H]1c1ccccc1. The van der Waals surface area contributed by atoms with E-state index in [2.05, 4.69) is 0 Å². The lowest BCUT2D eigenvalue weighted by Crippen LogP contribution is -2.33. The van der Waals surface area contributed by atoms with Crippen LogP contribution in [0.25, 0.3) is 0 Å².